The third-order valence-electron chi connectivity index (χ3n) is 5.91. The zero-order valence-electron chi connectivity index (χ0n) is 20.3. The number of aliphatic imine (C=N–C) groups is 1. The Morgan fingerprint density at radius 3 is 2.19 bits per heavy atom. The molecule has 2 fully saturated rings. The highest BCUT2D eigenvalue weighted by Crippen LogP contribution is 2.31. The average Bonchev–Trinajstić information content (AvgIpc) is 2.70. The fraction of sp³-hybridized carbons (Fsp3) is 0.909. The first-order valence-electron chi connectivity index (χ1n) is 11.7. The minimum atomic E-state index is -0.481. The number of rotatable bonds is 7. The van der Waals surface area contributed by atoms with Crippen molar-refractivity contribution in [3.8, 4) is 0 Å². The van der Waals surface area contributed by atoms with Crippen molar-refractivity contribution in [3.05, 3.63) is 0 Å². The van der Waals surface area contributed by atoms with E-state index in [4.69, 9.17) is 9.73 Å². The number of amides is 1. The van der Waals surface area contributed by atoms with E-state index < -0.39 is 5.60 Å². The van der Waals surface area contributed by atoms with Gasteiger partial charge in [-0.2, -0.15) is 0 Å². The maximum atomic E-state index is 11.8. The number of ether oxygens (including phenoxy) is 1. The molecule has 2 aliphatic heterocycles. The van der Waals surface area contributed by atoms with Gasteiger partial charge in [0.15, 0.2) is 5.96 Å². The van der Waals surface area contributed by atoms with Gasteiger partial charge >= 0.3 is 6.09 Å². The van der Waals surface area contributed by atoms with Crippen LogP contribution >= 0.6 is 24.0 Å². The van der Waals surface area contributed by atoms with Crippen LogP contribution in [0, 0.1) is 0 Å². The zero-order chi connectivity index (χ0) is 22.0. The molecule has 0 unspecified atom stereocenters. The first-order chi connectivity index (χ1) is 14.2. The summed E-state index contributed by atoms with van der Waals surface area (Å²) in [5, 5.41) is 9.48. The quantitative estimate of drug-likeness (QED) is 0.195. The molecule has 2 saturated heterocycles. The molecule has 0 saturated carbocycles. The minimum absolute atomic E-state index is 0. The van der Waals surface area contributed by atoms with E-state index in [2.05, 4.69) is 39.7 Å². The highest BCUT2D eigenvalue weighted by atomic mass is 127. The van der Waals surface area contributed by atoms with Crippen LogP contribution < -0.4 is 16.0 Å². The standard InChI is InChI=1S/C22H44N6O2.HI/c1-6-23-19(24-12-13-25-20(29)30-21(2,3)4)26-18-22(10-16-27(5)17-11-22)28-14-8-7-9-15-28;/h6-18H2,1-5H3,(H,25,29)(H2,23,24,26);1H. The maximum absolute atomic E-state index is 11.8. The topological polar surface area (TPSA) is 81.2 Å². The van der Waals surface area contributed by atoms with Gasteiger partial charge in [-0.1, -0.05) is 6.42 Å². The first-order valence-corrected chi connectivity index (χ1v) is 11.7. The molecule has 0 aromatic rings. The van der Waals surface area contributed by atoms with Crippen molar-refractivity contribution in [2.24, 2.45) is 4.99 Å². The van der Waals surface area contributed by atoms with Gasteiger partial charge in [0.25, 0.3) is 0 Å². The van der Waals surface area contributed by atoms with E-state index in [1.807, 2.05) is 20.8 Å². The second kappa shape index (κ2) is 13.7. The number of nitrogens with zero attached hydrogens (tertiary/aromatic N) is 3. The molecule has 2 aliphatic rings. The molecule has 8 nitrogen and oxygen atoms in total. The fourth-order valence-electron chi connectivity index (χ4n) is 4.20. The summed E-state index contributed by atoms with van der Waals surface area (Å²) in [6.07, 6.45) is 5.91. The summed E-state index contributed by atoms with van der Waals surface area (Å²) in [4.78, 5) is 21.9. The Morgan fingerprint density at radius 2 is 1.61 bits per heavy atom. The number of halogens is 1. The van der Waals surface area contributed by atoms with Gasteiger partial charge in [-0.25, -0.2) is 4.79 Å². The van der Waals surface area contributed by atoms with Crippen LogP contribution in [0.15, 0.2) is 4.99 Å². The number of carbonyl (C=O) groups excluding carboxylic acids is 1. The van der Waals surface area contributed by atoms with Crippen LogP contribution in [-0.2, 0) is 4.74 Å². The predicted molar refractivity (Wildman–Crippen MR) is 139 cm³/mol. The van der Waals surface area contributed by atoms with Crippen LogP contribution in [-0.4, -0.2) is 92.4 Å². The molecule has 3 N–H and O–H groups in total. The van der Waals surface area contributed by atoms with Crippen molar-refractivity contribution in [1.29, 1.82) is 0 Å². The minimum Gasteiger partial charge on any atom is -0.444 e. The summed E-state index contributed by atoms with van der Waals surface area (Å²) in [7, 11) is 2.21. The van der Waals surface area contributed by atoms with Crippen molar-refractivity contribution in [1.82, 2.24) is 25.8 Å². The van der Waals surface area contributed by atoms with Crippen LogP contribution in [0.5, 0.6) is 0 Å². The molecular formula is C22H45IN6O2. The summed E-state index contributed by atoms with van der Waals surface area (Å²) in [5.74, 6) is 0.818. The normalized spacial score (nSPS) is 20.5. The average molecular weight is 553 g/mol. The number of hydrogen-bond acceptors (Lipinski definition) is 5. The van der Waals surface area contributed by atoms with Gasteiger partial charge in [0.05, 0.1) is 6.54 Å². The van der Waals surface area contributed by atoms with Crippen LogP contribution in [0.3, 0.4) is 0 Å². The van der Waals surface area contributed by atoms with Gasteiger partial charge in [-0.15, -0.1) is 24.0 Å². The lowest BCUT2D eigenvalue weighted by Crippen LogP contribution is -2.58. The highest BCUT2D eigenvalue weighted by molar-refractivity contribution is 14.0. The summed E-state index contributed by atoms with van der Waals surface area (Å²) >= 11 is 0. The molecule has 0 aliphatic carbocycles. The van der Waals surface area contributed by atoms with Crippen LogP contribution in [0.2, 0.25) is 0 Å². The summed E-state index contributed by atoms with van der Waals surface area (Å²) < 4.78 is 5.27. The van der Waals surface area contributed by atoms with E-state index in [9.17, 15) is 4.79 Å². The molecule has 0 atom stereocenters. The van der Waals surface area contributed by atoms with Gasteiger partial charge in [0.2, 0.25) is 0 Å². The SMILES string of the molecule is CCNC(=NCC1(N2CCCCC2)CCN(C)CC1)NCCNC(=O)OC(C)(C)C.I. The lowest BCUT2D eigenvalue weighted by Gasteiger charge is -2.49. The van der Waals surface area contributed by atoms with E-state index in [-0.39, 0.29) is 35.6 Å². The third-order valence-corrected chi connectivity index (χ3v) is 5.91. The number of likely N-dealkylation sites (tertiary alicyclic amines) is 2. The molecule has 2 rings (SSSR count). The summed E-state index contributed by atoms with van der Waals surface area (Å²) in [5.41, 5.74) is -0.311. The summed E-state index contributed by atoms with van der Waals surface area (Å²) in [6.45, 7) is 15.0. The fourth-order valence-corrected chi connectivity index (χ4v) is 4.20. The number of guanidine groups is 1. The second-order valence-electron chi connectivity index (χ2n) is 9.63. The van der Waals surface area contributed by atoms with Crippen LogP contribution in [0.4, 0.5) is 4.79 Å². The molecule has 0 radical (unpaired) electrons. The first kappa shape index (κ1) is 28.2. The third kappa shape index (κ3) is 10.1. The van der Waals surface area contributed by atoms with Gasteiger partial charge in [-0.05, 0) is 86.6 Å². The largest absolute Gasteiger partial charge is 0.444 e. The van der Waals surface area contributed by atoms with E-state index >= 15 is 0 Å². The highest BCUT2D eigenvalue weighted by Gasteiger charge is 2.39. The monoisotopic (exact) mass is 552 g/mol. The van der Waals surface area contributed by atoms with E-state index in [1.165, 1.54) is 45.2 Å². The predicted octanol–water partition coefficient (Wildman–Crippen LogP) is 2.63. The van der Waals surface area contributed by atoms with E-state index in [0.29, 0.717) is 13.1 Å². The molecule has 182 valence electrons. The van der Waals surface area contributed by atoms with Crippen molar-refractivity contribution < 1.29 is 9.53 Å². The Labute approximate surface area is 206 Å². The maximum Gasteiger partial charge on any atom is 0.407 e. The number of piperidine rings is 2. The second-order valence-corrected chi connectivity index (χ2v) is 9.63. The Bertz CT molecular complexity index is 553. The van der Waals surface area contributed by atoms with Crippen molar-refractivity contribution in [3.63, 3.8) is 0 Å². The molecule has 0 spiro atoms. The van der Waals surface area contributed by atoms with Crippen LogP contribution in [0.1, 0.15) is 59.8 Å². The number of carbonyl (C=O) groups is 1. The number of hydrogen-bond donors (Lipinski definition) is 3. The molecule has 0 bridgehead atoms. The molecule has 2 heterocycles. The smallest absolute Gasteiger partial charge is 0.407 e. The van der Waals surface area contributed by atoms with Crippen molar-refractivity contribution in [2.45, 2.75) is 70.9 Å². The van der Waals surface area contributed by atoms with Gasteiger partial charge < -0.3 is 25.6 Å². The zero-order valence-corrected chi connectivity index (χ0v) is 22.6. The Morgan fingerprint density at radius 1 is 1.00 bits per heavy atom. The van der Waals surface area contributed by atoms with Crippen LogP contribution in [0.25, 0.3) is 0 Å². The van der Waals surface area contributed by atoms with Gasteiger partial charge in [-0.3, -0.25) is 9.89 Å². The Hall–Kier alpha value is -0.810. The molecular weight excluding hydrogens is 507 g/mol. The molecule has 31 heavy (non-hydrogen) atoms. The molecule has 0 aromatic heterocycles. The summed E-state index contributed by atoms with van der Waals surface area (Å²) in [6, 6.07) is 0. The lowest BCUT2D eigenvalue weighted by molar-refractivity contribution is 0.0208. The lowest BCUT2D eigenvalue weighted by atomic mass is 9.84. The Balaban J connectivity index is 0.00000480. The van der Waals surface area contributed by atoms with E-state index in [0.717, 1.165) is 32.1 Å². The van der Waals surface area contributed by atoms with Gasteiger partial charge in [0.1, 0.15) is 5.60 Å². The molecule has 9 heteroatoms. The van der Waals surface area contributed by atoms with Crippen molar-refractivity contribution >= 4 is 36.0 Å². The van der Waals surface area contributed by atoms with Crippen molar-refractivity contribution in [2.75, 3.05) is 59.4 Å². The molecule has 0 aromatic carbocycles. The van der Waals surface area contributed by atoms with Gasteiger partial charge in [0, 0.05) is 25.2 Å². The number of nitrogens with one attached hydrogen (secondary N) is 3. The van der Waals surface area contributed by atoms with E-state index in [1.54, 1.807) is 0 Å². The Kier molecular flexibility index (Phi) is 12.4. The number of alkyl carbamates (subject to hydrolysis) is 1. The molecule has 1 amide bonds.